The molecule has 0 radical (unpaired) electrons. The van der Waals surface area contributed by atoms with Crippen LogP contribution in [0.25, 0.3) is 11.0 Å². The van der Waals surface area contributed by atoms with Gasteiger partial charge in [-0.3, -0.25) is 0 Å². The fourth-order valence-electron chi connectivity index (χ4n) is 3.56. The van der Waals surface area contributed by atoms with Gasteiger partial charge in [-0.25, -0.2) is 4.79 Å². The highest BCUT2D eigenvalue weighted by molar-refractivity contribution is 5.81. The summed E-state index contributed by atoms with van der Waals surface area (Å²) >= 11 is 0. The highest BCUT2D eigenvalue weighted by Gasteiger charge is 2.25. The normalized spacial score (nSPS) is 23.5. The molecule has 1 unspecified atom stereocenters. The van der Waals surface area contributed by atoms with E-state index < -0.39 is 0 Å². The molecule has 0 bridgehead atoms. The van der Waals surface area contributed by atoms with Crippen LogP contribution in [0, 0.1) is 5.92 Å². The largest absolute Gasteiger partial charge is 0.508 e. The van der Waals surface area contributed by atoms with Crippen molar-refractivity contribution >= 4 is 11.0 Å². The molecule has 1 aromatic heterocycles. The number of quaternary nitrogens is 1. The van der Waals surface area contributed by atoms with Crippen LogP contribution >= 0.6 is 0 Å². The van der Waals surface area contributed by atoms with Gasteiger partial charge >= 0.3 is 5.63 Å². The molecule has 0 saturated heterocycles. The van der Waals surface area contributed by atoms with Gasteiger partial charge in [0.2, 0.25) is 0 Å². The molecular weight excluding hydrogens is 278 g/mol. The first-order valence-electron chi connectivity index (χ1n) is 8.11. The molecule has 2 aromatic rings. The lowest BCUT2D eigenvalue weighted by Gasteiger charge is -2.31. The summed E-state index contributed by atoms with van der Waals surface area (Å²) in [5.41, 5.74) is 1.12. The first-order valence-corrected chi connectivity index (χ1v) is 8.11. The van der Waals surface area contributed by atoms with Crippen LogP contribution in [0.1, 0.15) is 38.2 Å². The summed E-state index contributed by atoms with van der Waals surface area (Å²) in [6.45, 7) is 3.14. The predicted molar refractivity (Wildman–Crippen MR) is 86.2 cm³/mol. The van der Waals surface area contributed by atoms with E-state index in [1.54, 1.807) is 12.1 Å². The van der Waals surface area contributed by atoms with E-state index in [1.807, 2.05) is 6.07 Å². The quantitative estimate of drug-likeness (QED) is 0.854. The van der Waals surface area contributed by atoms with Crippen molar-refractivity contribution in [2.45, 2.75) is 45.2 Å². The van der Waals surface area contributed by atoms with Crippen molar-refractivity contribution in [1.29, 1.82) is 0 Å². The maximum atomic E-state index is 11.8. The molecule has 0 aliphatic heterocycles. The van der Waals surface area contributed by atoms with E-state index in [9.17, 15) is 9.90 Å². The number of phenolic OH excluding ortho intramolecular Hbond substituents is 1. The monoisotopic (exact) mass is 302 g/mol. The lowest BCUT2D eigenvalue weighted by atomic mass is 9.86. The van der Waals surface area contributed by atoms with E-state index in [4.69, 9.17) is 4.42 Å². The maximum absolute atomic E-state index is 11.8. The SMILES string of the molecule is CC1CCC([NH+](C)Cc2cc(=O)oc3cc(O)ccc23)CC1. The Morgan fingerprint density at radius 2 is 1.95 bits per heavy atom. The third-order valence-electron chi connectivity index (χ3n) is 5.00. The Hall–Kier alpha value is -1.81. The third-order valence-corrected chi connectivity index (χ3v) is 5.00. The van der Waals surface area contributed by atoms with Crippen molar-refractivity contribution in [3.8, 4) is 5.75 Å². The van der Waals surface area contributed by atoms with Gasteiger partial charge in [0.05, 0.1) is 13.1 Å². The second-order valence-corrected chi connectivity index (χ2v) is 6.75. The molecule has 3 rings (SSSR count). The zero-order valence-corrected chi connectivity index (χ0v) is 13.3. The lowest BCUT2D eigenvalue weighted by Crippen LogP contribution is -3.11. The van der Waals surface area contributed by atoms with Crippen LogP contribution in [-0.2, 0) is 6.54 Å². The Labute approximate surface area is 130 Å². The first-order chi connectivity index (χ1) is 10.5. The lowest BCUT2D eigenvalue weighted by molar-refractivity contribution is -0.921. The van der Waals surface area contributed by atoms with E-state index in [0.717, 1.165) is 23.4 Å². The van der Waals surface area contributed by atoms with Crippen LogP contribution in [0.2, 0.25) is 0 Å². The van der Waals surface area contributed by atoms with Gasteiger partial charge in [0, 0.05) is 23.1 Å². The van der Waals surface area contributed by atoms with Gasteiger partial charge in [-0.05, 0) is 43.7 Å². The van der Waals surface area contributed by atoms with Crippen LogP contribution in [0.5, 0.6) is 5.75 Å². The molecule has 1 aliphatic rings. The summed E-state index contributed by atoms with van der Waals surface area (Å²) in [6.07, 6.45) is 5.11. The van der Waals surface area contributed by atoms with Crippen molar-refractivity contribution in [3.63, 3.8) is 0 Å². The summed E-state index contributed by atoms with van der Waals surface area (Å²) in [5, 5.41) is 10.5. The summed E-state index contributed by atoms with van der Waals surface area (Å²) in [6, 6.07) is 7.24. The van der Waals surface area contributed by atoms with Gasteiger partial charge in [0.1, 0.15) is 17.9 Å². The highest BCUT2D eigenvalue weighted by atomic mass is 16.4. The molecule has 1 aliphatic carbocycles. The molecule has 1 fully saturated rings. The average Bonchev–Trinajstić information content (AvgIpc) is 2.47. The van der Waals surface area contributed by atoms with Gasteiger partial charge in [-0.15, -0.1) is 0 Å². The summed E-state index contributed by atoms with van der Waals surface area (Å²) in [5.74, 6) is 0.964. The van der Waals surface area contributed by atoms with Crippen molar-refractivity contribution < 1.29 is 14.4 Å². The first kappa shape index (κ1) is 15.1. The molecule has 1 atom stereocenters. The minimum atomic E-state index is -0.349. The number of rotatable bonds is 3. The fourth-order valence-corrected chi connectivity index (χ4v) is 3.56. The number of fused-ring (bicyclic) bond motifs is 1. The summed E-state index contributed by atoms with van der Waals surface area (Å²) in [7, 11) is 2.21. The van der Waals surface area contributed by atoms with Crippen LogP contribution in [0.3, 0.4) is 0 Å². The van der Waals surface area contributed by atoms with Crippen LogP contribution in [0.15, 0.2) is 33.5 Å². The smallest absolute Gasteiger partial charge is 0.336 e. The summed E-state index contributed by atoms with van der Waals surface area (Å²) < 4.78 is 5.20. The standard InChI is InChI=1S/C18H23NO3/c1-12-3-5-14(6-4-12)19(2)11-13-9-18(21)22-17-10-15(20)7-8-16(13)17/h7-10,12,14,20H,3-6,11H2,1-2H3/p+1. The van der Waals surface area contributed by atoms with E-state index in [1.165, 1.54) is 36.6 Å². The Morgan fingerprint density at radius 1 is 1.23 bits per heavy atom. The molecular formula is C18H24NO3+. The van der Waals surface area contributed by atoms with E-state index in [-0.39, 0.29) is 11.4 Å². The van der Waals surface area contributed by atoms with Gasteiger partial charge in [-0.1, -0.05) is 6.92 Å². The highest BCUT2D eigenvalue weighted by Crippen LogP contribution is 2.23. The molecule has 118 valence electrons. The number of nitrogens with one attached hydrogen (secondary N) is 1. The second kappa shape index (κ2) is 6.13. The van der Waals surface area contributed by atoms with Crippen LogP contribution in [0.4, 0.5) is 0 Å². The zero-order valence-electron chi connectivity index (χ0n) is 13.3. The molecule has 0 spiro atoms. The van der Waals surface area contributed by atoms with Gasteiger partial charge in [-0.2, -0.15) is 0 Å². The molecule has 22 heavy (non-hydrogen) atoms. The van der Waals surface area contributed by atoms with Crippen molar-refractivity contribution in [1.82, 2.24) is 0 Å². The summed E-state index contributed by atoms with van der Waals surface area (Å²) in [4.78, 5) is 13.2. The van der Waals surface area contributed by atoms with E-state index >= 15 is 0 Å². The number of phenols is 1. The van der Waals surface area contributed by atoms with E-state index in [0.29, 0.717) is 11.6 Å². The van der Waals surface area contributed by atoms with Crippen LogP contribution < -0.4 is 10.5 Å². The van der Waals surface area contributed by atoms with Gasteiger partial charge in [0.25, 0.3) is 0 Å². The van der Waals surface area contributed by atoms with Gasteiger partial charge < -0.3 is 14.4 Å². The van der Waals surface area contributed by atoms with Crippen LogP contribution in [-0.4, -0.2) is 18.2 Å². The number of hydrogen-bond donors (Lipinski definition) is 2. The fraction of sp³-hybridized carbons (Fsp3) is 0.500. The topological polar surface area (TPSA) is 54.9 Å². The molecule has 0 amide bonds. The maximum Gasteiger partial charge on any atom is 0.336 e. The minimum Gasteiger partial charge on any atom is -0.508 e. The van der Waals surface area contributed by atoms with E-state index in [2.05, 4.69) is 14.0 Å². The molecule has 1 aromatic carbocycles. The third kappa shape index (κ3) is 3.17. The minimum absolute atomic E-state index is 0.120. The second-order valence-electron chi connectivity index (χ2n) is 6.75. The Bertz CT molecular complexity index is 714. The number of benzene rings is 1. The Kier molecular flexibility index (Phi) is 4.21. The van der Waals surface area contributed by atoms with Crippen molar-refractivity contribution in [3.05, 3.63) is 40.2 Å². The Balaban J connectivity index is 1.85. The molecule has 2 N–H and O–H groups in total. The molecule has 4 heteroatoms. The number of hydrogen-bond acceptors (Lipinski definition) is 3. The predicted octanol–water partition coefficient (Wildman–Crippen LogP) is 2.09. The van der Waals surface area contributed by atoms with Gasteiger partial charge in [0.15, 0.2) is 0 Å². The number of aromatic hydroxyl groups is 1. The average molecular weight is 302 g/mol. The van der Waals surface area contributed by atoms with Crippen molar-refractivity contribution in [2.24, 2.45) is 5.92 Å². The molecule has 4 nitrogen and oxygen atoms in total. The molecule has 1 saturated carbocycles. The van der Waals surface area contributed by atoms with Crippen molar-refractivity contribution in [2.75, 3.05) is 7.05 Å². The zero-order chi connectivity index (χ0) is 15.7. The Morgan fingerprint density at radius 3 is 2.68 bits per heavy atom. The molecule has 1 heterocycles.